The van der Waals surface area contributed by atoms with E-state index in [0.717, 1.165) is 0 Å². The molecular formula is C11H12F2O3. The monoisotopic (exact) mass is 230 g/mol. The van der Waals surface area contributed by atoms with Gasteiger partial charge in [-0.1, -0.05) is 30.3 Å². The number of halogens is 2. The zero-order chi connectivity index (χ0) is 12.2. The van der Waals surface area contributed by atoms with E-state index in [2.05, 4.69) is 4.74 Å². The van der Waals surface area contributed by atoms with Crippen LogP contribution in [0.3, 0.4) is 0 Å². The van der Waals surface area contributed by atoms with E-state index in [1.165, 1.54) is 31.2 Å². The summed E-state index contributed by atoms with van der Waals surface area (Å²) in [5.74, 6) is -5.65. The van der Waals surface area contributed by atoms with Gasteiger partial charge in [0.25, 0.3) is 0 Å². The van der Waals surface area contributed by atoms with Crippen molar-refractivity contribution in [2.24, 2.45) is 0 Å². The predicted octanol–water partition coefficient (Wildman–Crippen LogP) is 1.92. The molecule has 0 radical (unpaired) electrons. The van der Waals surface area contributed by atoms with Gasteiger partial charge in [0.2, 0.25) is 0 Å². The molecule has 1 rings (SSSR count). The third kappa shape index (κ3) is 2.55. The minimum absolute atomic E-state index is 0.0273. The molecule has 1 aromatic rings. The Balaban J connectivity index is 2.87. The highest BCUT2D eigenvalue weighted by Gasteiger charge is 2.48. The summed E-state index contributed by atoms with van der Waals surface area (Å²) >= 11 is 0. The number of aliphatic hydroxyl groups excluding tert-OH is 1. The third-order valence-corrected chi connectivity index (χ3v) is 2.01. The van der Waals surface area contributed by atoms with Crippen molar-refractivity contribution >= 4 is 5.97 Å². The average Bonchev–Trinajstić information content (AvgIpc) is 2.29. The molecule has 1 N–H and O–H groups in total. The van der Waals surface area contributed by atoms with Crippen molar-refractivity contribution in [3.63, 3.8) is 0 Å². The Morgan fingerprint density at radius 2 is 2.00 bits per heavy atom. The number of hydrogen-bond acceptors (Lipinski definition) is 3. The Labute approximate surface area is 91.7 Å². The van der Waals surface area contributed by atoms with Gasteiger partial charge >= 0.3 is 11.9 Å². The Morgan fingerprint density at radius 3 is 2.50 bits per heavy atom. The first kappa shape index (κ1) is 12.6. The van der Waals surface area contributed by atoms with Gasteiger partial charge in [0.05, 0.1) is 6.61 Å². The first-order valence-corrected chi connectivity index (χ1v) is 4.78. The van der Waals surface area contributed by atoms with Crippen LogP contribution in [0, 0.1) is 0 Å². The lowest BCUT2D eigenvalue weighted by Gasteiger charge is -2.20. The number of ether oxygens (including phenoxy) is 1. The maximum Gasteiger partial charge on any atom is 0.380 e. The molecule has 0 fully saturated rings. The minimum atomic E-state index is -3.93. The van der Waals surface area contributed by atoms with Crippen molar-refractivity contribution in [2.45, 2.75) is 19.0 Å². The van der Waals surface area contributed by atoms with Gasteiger partial charge in [-0.05, 0) is 12.5 Å². The van der Waals surface area contributed by atoms with Crippen LogP contribution in [0.25, 0.3) is 0 Å². The molecule has 16 heavy (non-hydrogen) atoms. The van der Waals surface area contributed by atoms with Crippen LogP contribution in [0.2, 0.25) is 0 Å². The summed E-state index contributed by atoms with van der Waals surface area (Å²) in [6.07, 6.45) is -2.19. The van der Waals surface area contributed by atoms with Crippen molar-refractivity contribution < 1.29 is 23.4 Å². The van der Waals surface area contributed by atoms with E-state index < -0.39 is 18.0 Å². The number of esters is 1. The second-order valence-corrected chi connectivity index (χ2v) is 3.16. The van der Waals surface area contributed by atoms with Crippen molar-refractivity contribution in [3.05, 3.63) is 35.9 Å². The van der Waals surface area contributed by atoms with Gasteiger partial charge in [-0.15, -0.1) is 0 Å². The lowest BCUT2D eigenvalue weighted by Crippen LogP contribution is -2.37. The van der Waals surface area contributed by atoms with Crippen LogP contribution in [-0.4, -0.2) is 23.6 Å². The van der Waals surface area contributed by atoms with Crippen molar-refractivity contribution in [1.82, 2.24) is 0 Å². The standard InChI is InChI=1S/C11H12F2O3/c1-2-16-10(15)11(12,13)9(14)8-6-4-3-5-7-8/h3-7,9,14H,2H2,1H3/t9-/m0/s1. The zero-order valence-corrected chi connectivity index (χ0v) is 8.69. The van der Waals surface area contributed by atoms with Crippen LogP contribution in [-0.2, 0) is 9.53 Å². The number of rotatable bonds is 4. The third-order valence-electron chi connectivity index (χ3n) is 2.01. The number of alkyl halides is 2. The molecule has 0 spiro atoms. The summed E-state index contributed by atoms with van der Waals surface area (Å²) in [6.45, 7) is 1.26. The average molecular weight is 230 g/mol. The molecule has 0 saturated carbocycles. The van der Waals surface area contributed by atoms with Crippen LogP contribution in [0.4, 0.5) is 8.78 Å². The van der Waals surface area contributed by atoms with Crippen molar-refractivity contribution in [3.8, 4) is 0 Å². The first-order valence-electron chi connectivity index (χ1n) is 4.78. The quantitative estimate of drug-likeness (QED) is 0.804. The van der Waals surface area contributed by atoms with Crippen molar-refractivity contribution in [1.29, 1.82) is 0 Å². The fourth-order valence-corrected chi connectivity index (χ4v) is 1.18. The number of hydrogen-bond donors (Lipinski definition) is 1. The van der Waals surface area contributed by atoms with Crippen LogP contribution >= 0.6 is 0 Å². The smallest absolute Gasteiger partial charge is 0.380 e. The van der Waals surface area contributed by atoms with Crippen molar-refractivity contribution in [2.75, 3.05) is 6.61 Å². The van der Waals surface area contributed by atoms with Crippen LogP contribution in [0.15, 0.2) is 30.3 Å². The first-order chi connectivity index (χ1) is 7.50. The summed E-state index contributed by atoms with van der Waals surface area (Å²) in [4.78, 5) is 10.9. The maximum atomic E-state index is 13.4. The molecule has 5 heteroatoms. The van der Waals surface area contributed by atoms with E-state index in [1.54, 1.807) is 6.07 Å². The predicted molar refractivity (Wildman–Crippen MR) is 53.0 cm³/mol. The molecule has 0 unspecified atom stereocenters. The summed E-state index contributed by atoms with van der Waals surface area (Å²) in [6, 6.07) is 7.26. The Kier molecular flexibility index (Phi) is 3.95. The van der Waals surface area contributed by atoms with E-state index in [-0.39, 0.29) is 12.2 Å². The highest BCUT2D eigenvalue weighted by Crippen LogP contribution is 2.32. The van der Waals surface area contributed by atoms with Gasteiger partial charge in [0, 0.05) is 0 Å². The molecule has 88 valence electrons. The molecular weight excluding hydrogens is 218 g/mol. The summed E-state index contributed by atoms with van der Waals surface area (Å²) < 4.78 is 30.9. The lowest BCUT2D eigenvalue weighted by molar-refractivity contribution is -0.189. The fourth-order valence-electron chi connectivity index (χ4n) is 1.18. The second kappa shape index (κ2) is 5.03. The molecule has 0 heterocycles. The number of carbonyl (C=O) groups is 1. The topological polar surface area (TPSA) is 46.5 Å². The van der Waals surface area contributed by atoms with Gasteiger partial charge in [-0.3, -0.25) is 0 Å². The van der Waals surface area contributed by atoms with Gasteiger partial charge in [-0.2, -0.15) is 8.78 Å². The summed E-state index contributed by atoms with van der Waals surface area (Å²) in [5.41, 5.74) is -0.0273. The molecule has 0 aromatic heterocycles. The Bertz CT molecular complexity index is 352. The molecule has 3 nitrogen and oxygen atoms in total. The van der Waals surface area contributed by atoms with E-state index in [1.807, 2.05) is 0 Å². The molecule has 0 aliphatic heterocycles. The van der Waals surface area contributed by atoms with Gasteiger partial charge in [0.1, 0.15) is 0 Å². The van der Waals surface area contributed by atoms with Crippen LogP contribution in [0.1, 0.15) is 18.6 Å². The second-order valence-electron chi connectivity index (χ2n) is 3.16. The van der Waals surface area contributed by atoms with Crippen LogP contribution in [0.5, 0.6) is 0 Å². The number of benzene rings is 1. The zero-order valence-electron chi connectivity index (χ0n) is 8.69. The minimum Gasteiger partial charge on any atom is -0.461 e. The SMILES string of the molecule is CCOC(=O)C(F)(F)[C@@H](O)c1ccccc1. The van der Waals surface area contributed by atoms with E-state index in [4.69, 9.17) is 0 Å². The lowest BCUT2D eigenvalue weighted by atomic mass is 10.0. The summed E-state index contributed by atoms with van der Waals surface area (Å²) in [5, 5.41) is 9.39. The number of carbonyl (C=O) groups excluding carboxylic acids is 1. The Morgan fingerprint density at radius 1 is 1.44 bits per heavy atom. The van der Waals surface area contributed by atoms with Gasteiger partial charge in [-0.25, -0.2) is 4.79 Å². The molecule has 0 bridgehead atoms. The molecule has 1 aromatic carbocycles. The normalized spacial score (nSPS) is 13.2. The molecule has 0 amide bonds. The summed E-state index contributed by atoms with van der Waals surface area (Å²) in [7, 11) is 0. The maximum absolute atomic E-state index is 13.4. The largest absolute Gasteiger partial charge is 0.461 e. The molecule has 1 atom stereocenters. The molecule has 0 aliphatic rings. The highest BCUT2D eigenvalue weighted by atomic mass is 19.3. The van der Waals surface area contributed by atoms with Gasteiger partial charge < -0.3 is 9.84 Å². The van der Waals surface area contributed by atoms with E-state index in [9.17, 15) is 18.7 Å². The van der Waals surface area contributed by atoms with Crippen LogP contribution < -0.4 is 0 Å². The Hall–Kier alpha value is -1.49. The highest BCUT2D eigenvalue weighted by molar-refractivity contribution is 5.78. The molecule has 0 saturated heterocycles. The number of aliphatic hydroxyl groups is 1. The molecule has 0 aliphatic carbocycles. The fraction of sp³-hybridized carbons (Fsp3) is 0.364. The van der Waals surface area contributed by atoms with E-state index in [0.29, 0.717) is 0 Å². The van der Waals surface area contributed by atoms with E-state index >= 15 is 0 Å². The van der Waals surface area contributed by atoms with Gasteiger partial charge in [0.15, 0.2) is 6.10 Å².